The van der Waals surface area contributed by atoms with Crippen molar-refractivity contribution in [1.82, 2.24) is 9.88 Å². The highest BCUT2D eigenvalue weighted by atomic mass is 16.5. The lowest BCUT2D eigenvalue weighted by molar-refractivity contribution is -0.143. The first-order valence-electron chi connectivity index (χ1n) is 11.8. The van der Waals surface area contributed by atoms with Crippen LogP contribution in [-0.4, -0.2) is 54.2 Å². The molecule has 7 nitrogen and oxygen atoms in total. The molecule has 1 aliphatic rings. The molecule has 1 aliphatic heterocycles. The molecule has 7 heteroatoms. The van der Waals surface area contributed by atoms with Gasteiger partial charge in [-0.05, 0) is 29.8 Å². The zero-order valence-corrected chi connectivity index (χ0v) is 19.7. The fourth-order valence-electron chi connectivity index (χ4n) is 4.78. The topological polar surface area (TPSA) is 78.0 Å². The van der Waals surface area contributed by atoms with E-state index in [-0.39, 0.29) is 0 Å². The van der Waals surface area contributed by atoms with Crippen LogP contribution in [0.2, 0.25) is 0 Å². The third-order valence-corrected chi connectivity index (χ3v) is 6.57. The van der Waals surface area contributed by atoms with Crippen molar-refractivity contribution in [3.63, 3.8) is 0 Å². The fourth-order valence-corrected chi connectivity index (χ4v) is 4.78. The first kappa shape index (κ1) is 22.8. The minimum Gasteiger partial charge on any atom is -0.495 e. The molecule has 5 rings (SSSR count). The molecule has 2 N–H and O–H groups in total. The van der Waals surface area contributed by atoms with Crippen LogP contribution in [-0.2, 0) is 11.4 Å². The van der Waals surface area contributed by atoms with Crippen LogP contribution in [0.15, 0.2) is 79.0 Å². The molecule has 1 saturated heterocycles. The van der Waals surface area contributed by atoms with E-state index in [0.717, 1.165) is 52.3 Å². The normalized spacial score (nSPS) is 15.2. The number of methoxy groups -OCH3 is 1. The number of benzene rings is 3. The van der Waals surface area contributed by atoms with E-state index in [1.54, 1.807) is 7.11 Å². The molecule has 180 valence electrons. The van der Waals surface area contributed by atoms with Gasteiger partial charge in [0.1, 0.15) is 24.1 Å². The highest BCUT2D eigenvalue weighted by Gasteiger charge is 2.32. The van der Waals surface area contributed by atoms with Crippen molar-refractivity contribution in [2.24, 2.45) is 0 Å². The number of aromatic amines is 1. The molecule has 1 atom stereocenters. The van der Waals surface area contributed by atoms with Gasteiger partial charge < -0.3 is 24.5 Å². The second-order valence-electron chi connectivity index (χ2n) is 8.66. The number of carbonyl (C=O) groups is 1. The van der Waals surface area contributed by atoms with Crippen LogP contribution < -0.4 is 14.4 Å². The van der Waals surface area contributed by atoms with Crippen molar-refractivity contribution in [2.45, 2.75) is 12.6 Å². The summed E-state index contributed by atoms with van der Waals surface area (Å²) in [4.78, 5) is 19.9. The molecule has 3 aromatic carbocycles. The number of piperazine rings is 1. The Morgan fingerprint density at radius 1 is 1.00 bits per heavy atom. The minimum atomic E-state index is -0.846. The van der Waals surface area contributed by atoms with Gasteiger partial charge in [0.2, 0.25) is 0 Å². The molecule has 0 spiro atoms. The maximum atomic E-state index is 12.4. The molecule has 0 amide bonds. The van der Waals surface area contributed by atoms with Gasteiger partial charge in [0, 0.05) is 54.9 Å². The quantitative estimate of drug-likeness (QED) is 0.388. The third-order valence-electron chi connectivity index (χ3n) is 6.57. The summed E-state index contributed by atoms with van der Waals surface area (Å²) in [6, 6.07) is 23.0. The van der Waals surface area contributed by atoms with Crippen LogP contribution in [0.25, 0.3) is 10.9 Å². The Hall–Kier alpha value is -3.97. The molecule has 1 fully saturated rings. The molecule has 1 aromatic heterocycles. The Kier molecular flexibility index (Phi) is 6.59. The third kappa shape index (κ3) is 4.81. The molecule has 0 aliphatic carbocycles. The number of nitrogens with one attached hydrogen (secondary N) is 1. The van der Waals surface area contributed by atoms with Crippen LogP contribution >= 0.6 is 0 Å². The van der Waals surface area contributed by atoms with E-state index in [1.165, 1.54) is 0 Å². The molecule has 0 unspecified atom stereocenters. The fraction of sp³-hybridized carbons (Fsp3) is 0.250. The van der Waals surface area contributed by atoms with Gasteiger partial charge in [-0.2, -0.15) is 0 Å². The molecule has 0 saturated carbocycles. The van der Waals surface area contributed by atoms with Gasteiger partial charge >= 0.3 is 5.97 Å². The van der Waals surface area contributed by atoms with Crippen LogP contribution in [0.5, 0.6) is 11.5 Å². The summed E-state index contributed by atoms with van der Waals surface area (Å²) in [7, 11) is 1.67. The standard InChI is InChI=1S/C28H29N3O4/c1-34-26-10-6-5-9-25(26)30-13-15-31(16-14-30)27(28(32)33)23-18-29-24-17-21(11-12-22(23)24)35-19-20-7-3-2-4-8-20/h2-12,17-18,27,29H,13-16,19H2,1H3,(H,32,33)/t27-/m0/s1. The van der Waals surface area contributed by atoms with Gasteiger partial charge in [0.25, 0.3) is 0 Å². The Morgan fingerprint density at radius 3 is 2.49 bits per heavy atom. The van der Waals surface area contributed by atoms with Gasteiger partial charge in [0.05, 0.1) is 12.8 Å². The molecular formula is C28H29N3O4. The van der Waals surface area contributed by atoms with Crippen LogP contribution in [0.4, 0.5) is 5.69 Å². The molecule has 35 heavy (non-hydrogen) atoms. The zero-order chi connectivity index (χ0) is 24.2. The van der Waals surface area contributed by atoms with Crippen LogP contribution in [0.3, 0.4) is 0 Å². The number of rotatable bonds is 8. The number of H-pyrrole nitrogens is 1. The second kappa shape index (κ2) is 10.1. The average molecular weight is 472 g/mol. The Labute approximate surface area is 204 Å². The number of anilines is 1. The lowest BCUT2D eigenvalue weighted by atomic mass is 10.0. The van der Waals surface area contributed by atoms with E-state index in [0.29, 0.717) is 19.7 Å². The highest BCUT2D eigenvalue weighted by Crippen LogP contribution is 2.33. The van der Waals surface area contributed by atoms with Crippen LogP contribution in [0, 0.1) is 0 Å². The Balaban J connectivity index is 1.31. The number of carboxylic acids is 1. The lowest BCUT2D eigenvalue weighted by Gasteiger charge is -2.39. The number of carboxylic acid groups (broad SMARTS) is 1. The summed E-state index contributed by atoms with van der Waals surface area (Å²) in [6.45, 7) is 3.21. The Morgan fingerprint density at radius 2 is 1.74 bits per heavy atom. The number of fused-ring (bicyclic) bond motifs is 1. The number of ether oxygens (including phenoxy) is 2. The molecule has 0 bridgehead atoms. The number of para-hydroxylation sites is 2. The van der Waals surface area contributed by atoms with Crippen molar-refractivity contribution in [3.05, 3.63) is 90.1 Å². The summed E-state index contributed by atoms with van der Waals surface area (Å²) < 4.78 is 11.5. The molecular weight excluding hydrogens is 442 g/mol. The second-order valence-corrected chi connectivity index (χ2v) is 8.66. The molecule has 4 aromatic rings. The van der Waals surface area contributed by atoms with E-state index >= 15 is 0 Å². The summed E-state index contributed by atoms with van der Waals surface area (Å²) in [5.74, 6) is 0.728. The number of aromatic nitrogens is 1. The zero-order valence-electron chi connectivity index (χ0n) is 19.7. The van der Waals surface area contributed by atoms with Gasteiger partial charge in [-0.1, -0.05) is 42.5 Å². The summed E-state index contributed by atoms with van der Waals surface area (Å²) in [5.41, 5.74) is 3.77. The van der Waals surface area contributed by atoms with E-state index < -0.39 is 12.0 Å². The maximum absolute atomic E-state index is 12.4. The van der Waals surface area contributed by atoms with E-state index in [2.05, 4.69) is 9.88 Å². The summed E-state index contributed by atoms with van der Waals surface area (Å²) in [6.07, 6.45) is 1.82. The maximum Gasteiger partial charge on any atom is 0.325 e. The number of aliphatic carboxylic acids is 1. The average Bonchev–Trinajstić information content (AvgIpc) is 3.31. The molecule has 2 heterocycles. The summed E-state index contributed by atoms with van der Waals surface area (Å²) >= 11 is 0. The smallest absolute Gasteiger partial charge is 0.325 e. The predicted molar refractivity (Wildman–Crippen MR) is 136 cm³/mol. The first-order valence-corrected chi connectivity index (χ1v) is 11.8. The first-order chi connectivity index (χ1) is 17.1. The van der Waals surface area contributed by atoms with Crippen molar-refractivity contribution in [2.75, 3.05) is 38.2 Å². The van der Waals surface area contributed by atoms with Gasteiger partial charge in [-0.3, -0.25) is 9.69 Å². The van der Waals surface area contributed by atoms with E-state index in [1.807, 2.05) is 83.9 Å². The van der Waals surface area contributed by atoms with Crippen LogP contribution in [0.1, 0.15) is 17.2 Å². The summed E-state index contributed by atoms with van der Waals surface area (Å²) in [5, 5.41) is 11.1. The predicted octanol–water partition coefficient (Wildman–Crippen LogP) is 4.70. The Bertz CT molecular complexity index is 1300. The lowest BCUT2D eigenvalue weighted by Crippen LogP contribution is -2.49. The van der Waals surface area contributed by atoms with Gasteiger partial charge in [-0.15, -0.1) is 0 Å². The molecule has 0 radical (unpaired) electrons. The number of hydrogen-bond donors (Lipinski definition) is 2. The van der Waals surface area contributed by atoms with Gasteiger partial charge in [0.15, 0.2) is 0 Å². The SMILES string of the molecule is COc1ccccc1N1CCN([C@H](C(=O)O)c2c[nH]c3cc(OCc4ccccc4)ccc23)CC1. The minimum absolute atomic E-state index is 0.480. The van der Waals surface area contributed by atoms with E-state index in [9.17, 15) is 9.90 Å². The van der Waals surface area contributed by atoms with Crippen molar-refractivity contribution >= 4 is 22.6 Å². The number of nitrogens with zero attached hydrogens (tertiary/aromatic N) is 2. The van der Waals surface area contributed by atoms with Crippen molar-refractivity contribution < 1.29 is 19.4 Å². The largest absolute Gasteiger partial charge is 0.495 e. The van der Waals surface area contributed by atoms with Gasteiger partial charge in [-0.25, -0.2) is 0 Å². The highest BCUT2D eigenvalue weighted by molar-refractivity contribution is 5.90. The van der Waals surface area contributed by atoms with Crippen molar-refractivity contribution in [3.8, 4) is 11.5 Å². The monoisotopic (exact) mass is 471 g/mol. The number of hydrogen-bond acceptors (Lipinski definition) is 5. The van der Waals surface area contributed by atoms with Crippen molar-refractivity contribution in [1.29, 1.82) is 0 Å². The van der Waals surface area contributed by atoms with E-state index in [4.69, 9.17) is 9.47 Å².